The Labute approximate surface area is 194 Å². The van der Waals surface area contributed by atoms with Crippen LogP contribution in [0.2, 0.25) is 0 Å². The summed E-state index contributed by atoms with van der Waals surface area (Å²) >= 11 is 1.48. The molecule has 2 fully saturated rings. The van der Waals surface area contributed by atoms with Gasteiger partial charge in [-0.05, 0) is 55.2 Å². The van der Waals surface area contributed by atoms with Gasteiger partial charge >= 0.3 is 0 Å². The van der Waals surface area contributed by atoms with Gasteiger partial charge in [-0.2, -0.15) is 0 Å². The Morgan fingerprint density at radius 3 is 3.00 bits per heavy atom. The smallest absolute Gasteiger partial charge is 0.252 e. The standard InChI is InChI=1S/C24H23N3O5S/c28-16-4-1-3-14(9-16)10-18(23(31)27-24-8-2-5-21(24)32-12-20(24)29)26-22(30)15-6-7-19-17(11-15)25-13-33-19/h1,3-4,6-7,9,11,13,18,21,28H,2,5,8,10,12H2,(H,26,30)(H,27,31). The van der Waals surface area contributed by atoms with Crippen LogP contribution in [-0.2, 0) is 20.7 Å². The van der Waals surface area contributed by atoms with Crippen LogP contribution in [0.5, 0.6) is 5.75 Å². The van der Waals surface area contributed by atoms with Gasteiger partial charge in [-0.1, -0.05) is 12.1 Å². The van der Waals surface area contributed by atoms with E-state index in [1.165, 1.54) is 17.4 Å². The molecule has 3 aromatic rings. The lowest BCUT2D eigenvalue weighted by molar-refractivity contribution is -0.131. The third kappa shape index (κ3) is 4.09. The number of carbonyl (C=O) groups is 3. The van der Waals surface area contributed by atoms with Crippen LogP contribution in [0.3, 0.4) is 0 Å². The summed E-state index contributed by atoms with van der Waals surface area (Å²) in [6.07, 6.45) is 1.84. The number of amides is 2. The maximum absolute atomic E-state index is 13.4. The van der Waals surface area contributed by atoms with Crippen molar-refractivity contribution in [3.63, 3.8) is 0 Å². The molecule has 2 aliphatic rings. The number of phenols is 1. The van der Waals surface area contributed by atoms with E-state index >= 15 is 0 Å². The SMILES string of the molecule is O=C(NC(Cc1cccc(O)c1)C(=O)NC12CCCC1OCC2=O)c1ccc2scnc2c1. The quantitative estimate of drug-likeness (QED) is 0.514. The first kappa shape index (κ1) is 21.5. The van der Waals surface area contributed by atoms with Gasteiger partial charge < -0.3 is 20.5 Å². The number of aromatic nitrogens is 1. The Kier molecular flexibility index (Phi) is 5.59. The molecule has 2 amide bonds. The Morgan fingerprint density at radius 1 is 1.27 bits per heavy atom. The highest BCUT2D eigenvalue weighted by Gasteiger charge is 2.55. The highest BCUT2D eigenvalue weighted by Crippen LogP contribution is 2.38. The summed E-state index contributed by atoms with van der Waals surface area (Å²) in [5.74, 6) is -0.928. The maximum Gasteiger partial charge on any atom is 0.252 e. The monoisotopic (exact) mass is 465 g/mol. The molecular weight excluding hydrogens is 442 g/mol. The average Bonchev–Trinajstić information content (AvgIpc) is 3.49. The van der Waals surface area contributed by atoms with Gasteiger partial charge in [0.25, 0.3) is 5.91 Å². The van der Waals surface area contributed by atoms with Gasteiger partial charge in [-0.15, -0.1) is 11.3 Å². The second-order valence-corrected chi connectivity index (χ2v) is 9.40. The fraction of sp³-hybridized carbons (Fsp3) is 0.333. The van der Waals surface area contributed by atoms with Gasteiger partial charge in [-0.3, -0.25) is 14.4 Å². The molecule has 8 nitrogen and oxygen atoms in total. The molecule has 170 valence electrons. The minimum absolute atomic E-state index is 0.0117. The van der Waals surface area contributed by atoms with Crippen molar-refractivity contribution in [1.29, 1.82) is 0 Å². The zero-order valence-corrected chi connectivity index (χ0v) is 18.6. The molecule has 1 saturated carbocycles. The minimum atomic E-state index is -1.03. The first-order valence-electron chi connectivity index (χ1n) is 10.8. The van der Waals surface area contributed by atoms with Crippen LogP contribution in [0.25, 0.3) is 10.2 Å². The molecule has 2 heterocycles. The highest BCUT2D eigenvalue weighted by atomic mass is 32.1. The summed E-state index contributed by atoms with van der Waals surface area (Å²) in [7, 11) is 0. The predicted octanol–water partition coefficient (Wildman–Crippen LogP) is 2.35. The van der Waals surface area contributed by atoms with Crippen molar-refractivity contribution < 1.29 is 24.2 Å². The summed E-state index contributed by atoms with van der Waals surface area (Å²) in [4.78, 5) is 43.3. The van der Waals surface area contributed by atoms with Crippen molar-refractivity contribution in [2.45, 2.75) is 43.4 Å². The van der Waals surface area contributed by atoms with E-state index in [0.29, 0.717) is 29.5 Å². The molecule has 33 heavy (non-hydrogen) atoms. The third-order valence-corrected chi connectivity index (χ3v) is 7.22. The number of carbonyl (C=O) groups excluding carboxylic acids is 3. The lowest BCUT2D eigenvalue weighted by Crippen LogP contribution is -2.60. The molecule has 1 aliphatic carbocycles. The molecule has 9 heteroatoms. The number of nitrogens with one attached hydrogen (secondary N) is 2. The van der Waals surface area contributed by atoms with Crippen molar-refractivity contribution in [1.82, 2.24) is 15.6 Å². The van der Waals surface area contributed by atoms with Gasteiger partial charge in [-0.25, -0.2) is 4.98 Å². The predicted molar refractivity (Wildman–Crippen MR) is 122 cm³/mol. The summed E-state index contributed by atoms with van der Waals surface area (Å²) in [5, 5.41) is 15.6. The summed E-state index contributed by atoms with van der Waals surface area (Å²) in [6, 6.07) is 10.8. The number of phenolic OH excluding ortho intramolecular Hbond substituents is 1. The molecule has 0 bridgehead atoms. The molecule has 5 rings (SSSR count). The van der Waals surface area contributed by atoms with Crippen LogP contribution in [-0.4, -0.2) is 52.0 Å². The molecule has 1 aliphatic heterocycles. The number of ketones is 1. The van der Waals surface area contributed by atoms with Crippen LogP contribution in [0.15, 0.2) is 48.0 Å². The van der Waals surface area contributed by atoms with Crippen molar-refractivity contribution in [3.05, 3.63) is 59.1 Å². The maximum atomic E-state index is 13.4. The number of aromatic hydroxyl groups is 1. The van der Waals surface area contributed by atoms with Crippen LogP contribution in [0.1, 0.15) is 35.2 Å². The van der Waals surface area contributed by atoms with Crippen molar-refractivity contribution in [2.75, 3.05) is 6.61 Å². The van der Waals surface area contributed by atoms with E-state index in [2.05, 4.69) is 15.6 Å². The van der Waals surface area contributed by atoms with E-state index < -0.39 is 23.4 Å². The molecule has 0 spiro atoms. The van der Waals surface area contributed by atoms with Crippen LogP contribution >= 0.6 is 11.3 Å². The number of thiazole rings is 1. The van der Waals surface area contributed by atoms with Gasteiger partial charge in [0.1, 0.15) is 23.9 Å². The number of hydrogen-bond donors (Lipinski definition) is 3. The lowest BCUT2D eigenvalue weighted by atomic mass is 9.91. The number of ether oxygens (including phenoxy) is 1. The fourth-order valence-electron chi connectivity index (χ4n) is 4.71. The molecule has 0 radical (unpaired) electrons. The molecule has 1 aromatic heterocycles. The Bertz CT molecular complexity index is 1240. The Balaban J connectivity index is 1.40. The third-order valence-electron chi connectivity index (χ3n) is 6.41. The van der Waals surface area contributed by atoms with Crippen molar-refractivity contribution >= 4 is 39.2 Å². The largest absolute Gasteiger partial charge is 0.508 e. The number of fused-ring (bicyclic) bond motifs is 2. The minimum Gasteiger partial charge on any atom is -0.508 e. The van der Waals surface area contributed by atoms with E-state index in [1.807, 2.05) is 6.07 Å². The van der Waals surface area contributed by atoms with Crippen LogP contribution in [0.4, 0.5) is 0 Å². The van der Waals surface area contributed by atoms with E-state index in [4.69, 9.17) is 4.74 Å². The normalized spacial score (nSPS) is 22.8. The second kappa shape index (κ2) is 8.57. The highest BCUT2D eigenvalue weighted by molar-refractivity contribution is 7.16. The van der Waals surface area contributed by atoms with Gasteiger partial charge in [0.05, 0.1) is 21.8 Å². The number of nitrogens with zero attached hydrogens (tertiary/aromatic N) is 1. The molecule has 3 atom stereocenters. The Morgan fingerprint density at radius 2 is 2.15 bits per heavy atom. The molecule has 1 saturated heterocycles. The average molecular weight is 466 g/mol. The fourth-order valence-corrected chi connectivity index (χ4v) is 5.37. The second-order valence-electron chi connectivity index (χ2n) is 8.51. The van der Waals surface area contributed by atoms with Gasteiger partial charge in [0.15, 0.2) is 5.78 Å². The van der Waals surface area contributed by atoms with E-state index in [0.717, 1.165) is 11.1 Å². The zero-order chi connectivity index (χ0) is 23.0. The topological polar surface area (TPSA) is 118 Å². The van der Waals surface area contributed by atoms with Gasteiger partial charge in [0.2, 0.25) is 5.91 Å². The van der Waals surface area contributed by atoms with Crippen molar-refractivity contribution in [2.24, 2.45) is 0 Å². The summed E-state index contributed by atoms with van der Waals surface area (Å²) < 4.78 is 6.56. The van der Waals surface area contributed by atoms with Gasteiger partial charge in [0, 0.05) is 12.0 Å². The number of rotatable bonds is 6. The van der Waals surface area contributed by atoms with Crippen LogP contribution < -0.4 is 10.6 Å². The number of benzene rings is 2. The first-order chi connectivity index (χ1) is 15.9. The molecule has 3 unspecified atom stereocenters. The summed E-state index contributed by atoms with van der Waals surface area (Å²) in [5.41, 5.74) is 2.46. The van der Waals surface area contributed by atoms with E-state index in [9.17, 15) is 19.5 Å². The van der Waals surface area contributed by atoms with Crippen LogP contribution in [0, 0.1) is 0 Å². The Hall–Kier alpha value is -3.30. The lowest BCUT2D eigenvalue weighted by Gasteiger charge is -2.30. The van der Waals surface area contributed by atoms with E-state index in [-0.39, 0.29) is 30.7 Å². The molecular formula is C24H23N3O5S. The van der Waals surface area contributed by atoms with Crippen molar-refractivity contribution in [3.8, 4) is 5.75 Å². The number of Topliss-reactive ketones (excluding diaryl/α,β-unsaturated/α-hetero) is 1. The molecule has 3 N–H and O–H groups in total. The number of hydrogen-bond acceptors (Lipinski definition) is 7. The molecule has 2 aromatic carbocycles. The first-order valence-corrected chi connectivity index (χ1v) is 11.7. The zero-order valence-electron chi connectivity index (χ0n) is 17.7. The van der Waals surface area contributed by atoms with E-state index in [1.54, 1.807) is 35.8 Å². The summed E-state index contributed by atoms with van der Waals surface area (Å²) in [6.45, 7) is -0.0117.